The van der Waals surface area contributed by atoms with Gasteiger partial charge < -0.3 is 4.74 Å². The van der Waals surface area contributed by atoms with E-state index in [2.05, 4.69) is 44.2 Å². The van der Waals surface area contributed by atoms with Crippen LogP contribution < -0.4 is 0 Å². The van der Waals surface area contributed by atoms with E-state index in [4.69, 9.17) is 4.74 Å². The molecule has 2 aliphatic heterocycles. The van der Waals surface area contributed by atoms with Crippen LogP contribution in [0.5, 0.6) is 0 Å². The summed E-state index contributed by atoms with van der Waals surface area (Å²) in [5, 5.41) is 0. The normalized spacial score (nSPS) is 30.2. The molecule has 2 aliphatic rings. The summed E-state index contributed by atoms with van der Waals surface area (Å²) < 4.78 is 6.06. The second kappa shape index (κ2) is 3.74. The smallest absolute Gasteiger partial charge is 0.0869 e. The lowest BCUT2D eigenvalue weighted by Crippen LogP contribution is -2.09. The Balaban J connectivity index is 1.84. The Labute approximate surface area is 97.1 Å². The topological polar surface area (TPSA) is 9.23 Å². The Kier molecular flexibility index (Phi) is 2.36. The molecule has 1 aromatic rings. The molecule has 84 valence electrons. The molecule has 16 heavy (non-hydrogen) atoms. The summed E-state index contributed by atoms with van der Waals surface area (Å²) in [7, 11) is 0. The van der Waals surface area contributed by atoms with Gasteiger partial charge in [-0.15, -0.1) is 0 Å². The van der Waals surface area contributed by atoms with Gasteiger partial charge in [0.25, 0.3) is 0 Å². The van der Waals surface area contributed by atoms with E-state index in [1.165, 1.54) is 23.1 Å². The van der Waals surface area contributed by atoms with Gasteiger partial charge in [-0.3, -0.25) is 0 Å². The highest BCUT2D eigenvalue weighted by molar-refractivity contribution is 5.37. The third-order valence-corrected chi connectivity index (χ3v) is 3.73. The number of allylic oxidation sites excluding steroid dienone is 2. The van der Waals surface area contributed by atoms with Gasteiger partial charge in [-0.1, -0.05) is 35.9 Å². The van der Waals surface area contributed by atoms with E-state index in [0.29, 0.717) is 18.1 Å². The summed E-state index contributed by atoms with van der Waals surface area (Å²) in [5.74, 6) is 0.690. The van der Waals surface area contributed by atoms with Gasteiger partial charge in [-0.25, -0.2) is 0 Å². The maximum atomic E-state index is 6.06. The minimum atomic E-state index is 0.358. The van der Waals surface area contributed by atoms with Crippen LogP contribution in [-0.4, -0.2) is 0 Å². The summed E-state index contributed by atoms with van der Waals surface area (Å²) in [6.45, 7) is 4.34. The van der Waals surface area contributed by atoms with Gasteiger partial charge in [-0.2, -0.15) is 0 Å². The summed E-state index contributed by atoms with van der Waals surface area (Å²) >= 11 is 0. The molecule has 0 N–H and O–H groups in total. The number of benzene rings is 1. The van der Waals surface area contributed by atoms with Crippen molar-refractivity contribution in [3.63, 3.8) is 0 Å². The number of rotatable bonds is 2. The summed E-state index contributed by atoms with van der Waals surface area (Å²) in [6, 6.07) is 8.70. The minimum Gasteiger partial charge on any atom is -0.365 e. The van der Waals surface area contributed by atoms with Crippen molar-refractivity contribution in [2.24, 2.45) is 5.92 Å². The van der Waals surface area contributed by atoms with Crippen LogP contribution in [-0.2, 0) is 4.74 Å². The maximum Gasteiger partial charge on any atom is 0.0869 e. The molecule has 0 amide bonds. The molecule has 1 heteroatoms. The third-order valence-electron chi connectivity index (χ3n) is 3.73. The molecular formula is C15H18O. The molecule has 0 saturated carbocycles. The van der Waals surface area contributed by atoms with E-state index in [0.717, 1.165) is 6.42 Å². The van der Waals surface area contributed by atoms with Crippen molar-refractivity contribution >= 4 is 0 Å². The van der Waals surface area contributed by atoms with Crippen LogP contribution in [0, 0.1) is 5.92 Å². The largest absolute Gasteiger partial charge is 0.365 e. The van der Waals surface area contributed by atoms with E-state index in [1.54, 1.807) is 0 Å². The van der Waals surface area contributed by atoms with E-state index in [1.807, 2.05) is 0 Å². The highest BCUT2D eigenvalue weighted by Gasteiger charge is 2.43. The molecule has 1 fully saturated rings. The Morgan fingerprint density at radius 1 is 1.31 bits per heavy atom. The Bertz CT molecular complexity index is 429. The fourth-order valence-electron chi connectivity index (χ4n) is 2.94. The van der Waals surface area contributed by atoms with Gasteiger partial charge in [0, 0.05) is 0 Å². The Morgan fingerprint density at radius 2 is 2.06 bits per heavy atom. The molecular weight excluding hydrogens is 196 g/mol. The third kappa shape index (κ3) is 1.51. The molecule has 3 atom stereocenters. The van der Waals surface area contributed by atoms with Crippen molar-refractivity contribution in [3.8, 4) is 0 Å². The van der Waals surface area contributed by atoms with Crippen molar-refractivity contribution in [1.29, 1.82) is 0 Å². The fraction of sp³-hybridized carbons (Fsp3) is 0.467. The second-order valence-electron chi connectivity index (χ2n) is 5.19. The number of fused-ring (bicyclic) bond motifs is 5. The molecule has 2 heterocycles. The van der Waals surface area contributed by atoms with Crippen LogP contribution in [0.4, 0.5) is 0 Å². The summed E-state index contributed by atoms with van der Waals surface area (Å²) in [5.41, 5.74) is 4.28. The summed E-state index contributed by atoms with van der Waals surface area (Å²) in [6.07, 6.45) is 5.44. The lowest BCUT2D eigenvalue weighted by Gasteiger charge is -2.19. The van der Waals surface area contributed by atoms with E-state index in [9.17, 15) is 0 Å². The standard InChI is InChI=1S/C15H18O/c1-10(2)7-8-11-9-14-12-5-3-4-6-13(12)15(11)16-14/h3-7,11,14-15H,8-9H2,1-2H3. The minimum absolute atomic E-state index is 0.358. The lowest BCUT2D eigenvalue weighted by molar-refractivity contribution is 0.0602. The number of hydrogen-bond acceptors (Lipinski definition) is 1. The number of ether oxygens (including phenoxy) is 1. The number of hydrogen-bond donors (Lipinski definition) is 0. The zero-order chi connectivity index (χ0) is 11.1. The van der Waals surface area contributed by atoms with Crippen LogP contribution in [0.3, 0.4) is 0 Å². The quantitative estimate of drug-likeness (QED) is 0.671. The average Bonchev–Trinajstić information content (AvgIpc) is 2.85. The molecule has 0 aliphatic carbocycles. The molecule has 0 radical (unpaired) electrons. The molecule has 0 spiro atoms. The van der Waals surface area contributed by atoms with E-state index < -0.39 is 0 Å². The molecule has 1 saturated heterocycles. The summed E-state index contributed by atoms with van der Waals surface area (Å²) in [4.78, 5) is 0. The first-order valence-corrected chi connectivity index (χ1v) is 6.13. The lowest BCUT2D eigenvalue weighted by atomic mass is 9.82. The molecule has 1 nitrogen and oxygen atoms in total. The first-order valence-electron chi connectivity index (χ1n) is 6.13. The van der Waals surface area contributed by atoms with Crippen LogP contribution in [0.2, 0.25) is 0 Å². The van der Waals surface area contributed by atoms with Gasteiger partial charge in [0.1, 0.15) is 0 Å². The van der Waals surface area contributed by atoms with Gasteiger partial charge >= 0.3 is 0 Å². The average molecular weight is 214 g/mol. The van der Waals surface area contributed by atoms with Crippen LogP contribution in [0.15, 0.2) is 35.9 Å². The van der Waals surface area contributed by atoms with Gasteiger partial charge in [0.2, 0.25) is 0 Å². The second-order valence-corrected chi connectivity index (χ2v) is 5.19. The predicted molar refractivity (Wildman–Crippen MR) is 65.2 cm³/mol. The zero-order valence-corrected chi connectivity index (χ0v) is 9.94. The van der Waals surface area contributed by atoms with E-state index in [-0.39, 0.29) is 0 Å². The zero-order valence-electron chi connectivity index (χ0n) is 9.94. The predicted octanol–water partition coefficient (Wildman–Crippen LogP) is 4.18. The monoisotopic (exact) mass is 214 g/mol. The van der Waals surface area contributed by atoms with Crippen molar-refractivity contribution in [2.45, 2.75) is 38.9 Å². The molecule has 1 aromatic carbocycles. The van der Waals surface area contributed by atoms with Gasteiger partial charge in [0.15, 0.2) is 0 Å². The maximum absolute atomic E-state index is 6.06. The molecule has 3 rings (SSSR count). The Morgan fingerprint density at radius 3 is 2.81 bits per heavy atom. The first kappa shape index (κ1) is 10.1. The molecule has 3 unspecified atom stereocenters. The van der Waals surface area contributed by atoms with Crippen LogP contribution >= 0.6 is 0 Å². The van der Waals surface area contributed by atoms with Gasteiger partial charge in [0.05, 0.1) is 12.2 Å². The van der Waals surface area contributed by atoms with Crippen molar-refractivity contribution < 1.29 is 4.74 Å². The SMILES string of the molecule is CC(C)=CCC1CC2OC1c1ccccc12. The van der Waals surface area contributed by atoms with Gasteiger partial charge in [-0.05, 0) is 43.7 Å². The van der Waals surface area contributed by atoms with Crippen LogP contribution in [0.25, 0.3) is 0 Å². The highest BCUT2D eigenvalue weighted by Crippen LogP contribution is 2.54. The van der Waals surface area contributed by atoms with Crippen molar-refractivity contribution in [3.05, 3.63) is 47.0 Å². The molecule has 2 bridgehead atoms. The molecule has 0 aromatic heterocycles. The van der Waals surface area contributed by atoms with Crippen molar-refractivity contribution in [2.75, 3.05) is 0 Å². The van der Waals surface area contributed by atoms with Crippen LogP contribution in [0.1, 0.15) is 50.0 Å². The Hall–Kier alpha value is -1.08. The van der Waals surface area contributed by atoms with Crippen molar-refractivity contribution in [1.82, 2.24) is 0 Å². The fourth-order valence-corrected chi connectivity index (χ4v) is 2.94. The van der Waals surface area contributed by atoms with E-state index >= 15 is 0 Å². The first-order chi connectivity index (χ1) is 7.75. The highest BCUT2D eigenvalue weighted by atomic mass is 16.5.